The molecule has 0 saturated carbocycles. The Morgan fingerprint density at radius 3 is 3.00 bits per heavy atom. The molecule has 0 radical (unpaired) electrons. The van der Waals surface area contributed by atoms with E-state index in [0.29, 0.717) is 0 Å². The van der Waals surface area contributed by atoms with Crippen LogP contribution in [0.1, 0.15) is 19.8 Å². The summed E-state index contributed by atoms with van der Waals surface area (Å²) in [6.45, 7) is 2.20. The number of hydrogen-bond donors (Lipinski definition) is 1. The van der Waals surface area contributed by atoms with Crippen LogP contribution in [0.5, 0.6) is 0 Å². The second kappa shape index (κ2) is 3.11. The van der Waals surface area contributed by atoms with E-state index < -0.39 is 0 Å². The quantitative estimate of drug-likeness (QED) is 0.444. The van der Waals surface area contributed by atoms with Crippen LogP contribution in [0.3, 0.4) is 0 Å². The number of allylic oxidation sites excluding steroid dienone is 1. The Morgan fingerprint density at radius 2 is 2.55 bits per heavy atom. The van der Waals surface area contributed by atoms with Crippen molar-refractivity contribution in [2.75, 3.05) is 6.61 Å². The lowest BCUT2D eigenvalue weighted by Gasteiger charge is -2.32. The van der Waals surface area contributed by atoms with Crippen molar-refractivity contribution in [3.05, 3.63) is 12.2 Å². The first-order valence-electron chi connectivity index (χ1n) is 3.98. The molecule has 0 fully saturated rings. The van der Waals surface area contributed by atoms with Crippen LogP contribution in [0.15, 0.2) is 12.2 Å². The molecule has 1 nitrogen and oxygen atoms in total. The summed E-state index contributed by atoms with van der Waals surface area (Å²) in [5.41, 5.74) is -0.122. The molecule has 2 atom stereocenters. The molecule has 0 bridgehead atoms. The van der Waals surface area contributed by atoms with Gasteiger partial charge in [0.25, 0.3) is 0 Å². The fraction of sp³-hybridized carbons (Fsp3) is 0.600. The molecule has 1 N–H and O–H groups in total. The molecule has 0 aromatic carbocycles. The van der Waals surface area contributed by atoms with E-state index in [1.54, 1.807) is 0 Å². The molecule has 1 heteroatoms. The van der Waals surface area contributed by atoms with Crippen molar-refractivity contribution in [1.82, 2.24) is 0 Å². The van der Waals surface area contributed by atoms with E-state index in [1.165, 1.54) is 0 Å². The predicted octanol–water partition coefficient (Wildman–Crippen LogP) is 1.58. The fourth-order valence-electron chi connectivity index (χ4n) is 1.48. The zero-order valence-electron chi connectivity index (χ0n) is 6.88. The standard InChI is InChI=1S/C10H14O/c1-3-10(2)7-5-4-6-9(10)8-11/h1,4,6,9,11H,5,7-8H2,2H3/t9-,10-/m1/s1. The summed E-state index contributed by atoms with van der Waals surface area (Å²) < 4.78 is 0. The van der Waals surface area contributed by atoms with Crippen molar-refractivity contribution in [1.29, 1.82) is 0 Å². The maximum absolute atomic E-state index is 9.01. The van der Waals surface area contributed by atoms with Gasteiger partial charge in [-0.2, -0.15) is 0 Å². The van der Waals surface area contributed by atoms with E-state index in [0.717, 1.165) is 12.8 Å². The van der Waals surface area contributed by atoms with Gasteiger partial charge >= 0.3 is 0 Å². The van der Waals surface area contributed by atoms with Gasteiger partial charge in [0, 0.05) is 11.3 Å². The summed E-state index contributed by atoms with van der Waals surface area (Å²) in [6, 6.07) is 0. The lowest BCUT2D eigenvalue weighted by Crippen LogP contribution is -2.29. The Morgan fingerprint density at radius 1 is 1.82 bits per heavy atom. The Labute approximate surface area is 68.1 Å². The summed E-state index contributed by atoms with van der Waals surface area (Å²) in [5.74, 6) is 2.92. The largest absolute Gasteiger partial charge is 0.396 e. The van der Waals surface area contributed by atoms with Crippen molar-refractivity contribution in [2.45, 2.75) is 19.8 Å². The molecule has 11 heavy (non-hydrogen) atoms. The molecule has 0 aliphatic heterocycles. The third kappa shape index (κ3) is 1.46. The lowest BCUT2D eigenvalue weighted by atomic mass is 9.72. The van der Waals surface area contributed by atoms with Gasteiger partial charge < -0.3 is 5.11 Å². The number of aliphatic hydroxyl groups excluding tert-OH is 1. The maximum atomic E-state index is 9.01. The highest BCUT2D eigenvalue weighted by atomic mass is 16.3. The van der Waals surface area contributed by atoms with Crippen molar-refractivity contribution < 1.29 is 5.11 Å². The average molecular weight is 150 g/mol. The Hall–Kier alpha value is -0.740. The fourth-order valence-corrected chi connectivity index (χ4v) is 1.48. The molecule has 60 valence electrons. The van der Waals surface area contributed by atoms with Gasteiger partial charge in [0.15, 0.2) is 0 Å². The van der Waals surface area contributed by atoms with Gasteiger partial charge in [0.05, 0.1) is 6.61 Å². The second-order valence-corrected chi connectivity index (χ2v) is 3.32. The van der Waals surface area contributed by atoms with Crippen LogP contribution in [0.4, 0.5) is 0 Å². The molecule has 0 saturated heterocycles. The van der Waals surface area contributed by atoms with Gasteiger partial charge in [0.1, 0.15) is 0 Å². The third-order valence-electron chi connectivity index (χ3n) is 2.54. The van der Waals surface area contributed by atoms with Gasteiger partial charge in [-0.25, -0.2) is 0 Å². The number of hydrogen-bond acceptors (Lipinski definition) is 1. The third-order valence-corrected chi connectivity index (χ3v) is 2.54. The molecule has 0 unspecified atom stereocenters. The first-order valence-corrected chi connectivity index (χ1v) is 3.98. The van der Waals surface area contributed by atoms with Crippen molar-refractivity contribution in [2.24, 2.45) is 11.3 Å². The Balaban J connectivity index is 2.80. The number of aliphatic hydroxyl groups is 1. The van der Waals surface area contributed by atoms with E-state index >= 15 is 0 Å². The Bertz CT molecular complexity index is 199. The highest BCUT2D eigenvalue weighted by molar-refractivity contribution is 5.14. The lowest BCUT2D eigenvalue weighted by molar-refractivity contribution is 0.167. The molecule has 0 aromatic rings. The van der Waals surface area contributed by atoms with E-state index in [9.17, 15) is 0 Å². The monoisotopic (exact) mass is 150 g/mol. The molecule has 0 heterocycles. The van der Waals surface area contributed by atoms with Crippen LogP contribution in [-0.4, -0.2) is 11.7 Å². The average Bonchev–Trinajstić information content (AvgIpc) is 2.05. The second-order valence-electron chi connectivity index (χ2n) is 3.32. The van der Waals surface area contributed by atoms with Crippen LogP contribution in [-0.2, 0) is 0 Å². The molecule has 0 spiro atoms. The minimum Gasteiger partial charge on any atom is -0.396 e. The number of rotatable bonds is 1. The highest BCUT2D eigenvalue weighted by Crippen LogP contribution is 2.36. The molecule has 0 aromatic heterocycles. The minimum atomic E-state index is -0.122. The minimum absolute atomic E-state index is 0.122. The highest BCUT2D eigenvalue weighted by Gasteiger charge is 2.31. The zero-order valence-corrected chi connectivity index (χ0v) is 6.88. The normalized spacial score (nSPS) is 36.6. The smallest absolute Gasteiger partial charge is 0.0508 e. The van der Waals surface area contributed by atoms with Crippen LogP contribution in [0, 0.1) is 23.7 Å². The molecule has 1 aliphatic rings. The SMILES string of the molecule is C#C[C@]1(C)CCC=C[C@@H]1CO. The van der Waals surface area contributed by atoms with Crippen LogP contribution in [0.25, 0.3) is 0 Å². The van der Waals surface area contributed by atoms with Crippen molar-refractivity contribution in [3.8, 4) is 12.3 Å². The first-order chi connectivity index (χ1) is 5.23. The van der Waals surface area contributed by atoms with E-state index in [4.69, 9.17) is 11.5 Å². The molecule has 1 aliphatic carbocycles. The van der Waals surface area contributed by atoms with Crippen molar-refractivity contribution >= 4 is 0 Å². The number of terminal acetylenes is 1. The summed E-state index contributed by atoms with van der Waals surface area (Å²) in [4.78, 5) is 0. The van der Waals surface area contributed by atoms with Crippen molar-refractivity contribution in [3.63, 3.8) is 0 Å². The van der Waals surface area contributed by atoms with E-state index in [-0.39, 0.29) is 17.9 Å². The van der Waals surface area contributed by atoms with Gasteiger partial charge in [-0.15, -0.1) is 6.42 Å². The maximum Gasteiger partial charge on any atom is 0.0508 e. The molecule has 0 amide bonds. The summed E-state index contributed by atoms with van der Waals surface area (Å²) in [7, 11) is 0. The summed E-state index contributed by atoms with van der Waals surface area (Å²) in [5, 5.41) is 9.01. The van der Waals surface area contributed by atoms with Crippen LogP contribution < -0.4 is 0 Å². The van der Waals surface area contributed by atoms with E-state index in [2.05, 4.69) is 12.0 Å². The van der Waals surface area contributed by atoms with Gasteiger partial charge in [-0.1, -0.05) is 18.1 Å². The van der Waals surface area contributed by atoms with Crippen LogP contribution in [0.2, 0.25) is 0 Å². The topological polar surface area (TPSA) is 20.2 Å². The van der Waals surface area contributed by atoms with Gasteiger partial charge in [0.2, 0.25) is 0 Å². The molecular weight excluding hydrogens is 136 g/mol. The predicted molar refractivity (Wildman–Crippen MR) is 45.9 cm³/mol. The summed E-state index contributed by atoms with van der Waals surface area (Å²) >= 11 is 0. The summed E-state index contributed by atoms with van der Waals surface area (Å²) in [6.07, 6.45) is 11.6. The van der Waals surface area contributed by atoms with E-state index in [1.807, 2.05) is 13.0 Å². The van der Waals surface area contributed by atoms with Crippen LogP contribution >= 0.6 is 0 Å². The van der Waals surface area contributed by atoms with Gasteiger partial charge in [-0.05, 0) is 19.8 Å². The zero-order chi connectivity index (χ0) is 8.32. The molecule has 1 rings (SSSR count). The Kier molecular flexibility index (Phi) is 2.36. The molecular formula is C10H14O. The first kappa shape index (κ1) is 8.36. The van der Waals surface area contributed by atoms with Gasteiger partial charge in [-0.3, -0.25) is 0 Å².